The van der Waals surface area contributed by atoms with Crippen LogP contribution in [0.2, 0.25) is 0 Å². The molecule has 0 unspecified atom stereocenters. The maximum Gasteiger partial charge on any atom is 0.00277 e. The van der Waals surface area contributed by atoms with E-state index >= 15 is 0 Å². The van der Waals surface area contributed by atoms with Gasteiger partial charge in [0, 0.05) is 13.1 Å². The van der Waals surface area contributed by atoms with Crippen molar-refractivity contribution in [2.45, 2.75) is 0 Å². The first-order chi connectivity index (χ1) is 3.71. The third-order valence-electron chi connectivity index (χ3n) is 1.66. The average molecular weight is 170 g/mol. The van der Waals surface area contributed by atoms with Crippen molar-refractivity contribution in [2.75, 3.05) is 37.1 Å². The van der Waals surface area contributed by atoms with Crippen molar-refractivity contribution in [3.63, 3.8) is 0 Å². The Bertz CT molecular complexity index is 77.1. The highest BCUT2D eigenvalue weighted by Gasteiger charge is 2.13. The summed E-state index contributed by atoms with van der Waals surface area (Å²) in [5.41, 5.74) is 0. The van der Waals surface area contributed by atoms with Crippen LogP contribution in [0.25, 0.3) is 0 Å². The molecule has 1 fully saturated rings. The molecule has 1 rings (SSSR count). The fraction of sp³-hybridized carbons (Fsp3) is 1.00. The summed E-state index contributed by atoms with van der Waals surface area (Å²) in [6.07, 6.45) is 4.85. The third-order valence-corrected chi connectivity index (χ3v) is 4.28. The third kappa shape index (κ3) is 3.33. The maximum absolute atomic E-state index is 3.36. The summed E-state index contributed by atoms with van der Waals surface area (Å²) >= 11 is 0. The van der Waals surface area contributed by atoms with Crippen molar-refractivity contribution in [1.82, 2.24) is 5.32 Å². The van der Waals surface area contributed by atoms with Crippen molar-refractivity contribution >= 4 is 22.4 Å². The van der Waals surface area contributed by atoms with Crippen LogP contribution in [-0.2, 0) is 0 Å². The molecule has 0 atom stereocenters. The number of rotatable bonds is 0. The van der Waals surface area contributed by atoms with Gasteiger partial charge in [0.1, 0.15) is 0 Å². The van der Waals surface area contributed by atoms with Gasteiger partial charge in [0.25, 0.3) is 0 Å². The summed E-state index contributed by atoms with van der Waals surface area (Å²) in [5, 5.41) is 3.36. The highest BCUT2D eigenvalue weighted by atomic mass is 35.5. The van der Waals surface area contributed by atoms with E-state index in [2.05, 4.69) is 17.8 Å². The number of nitrogens with one attached hydrogen (secondary N) is 1. The van der Waals surface area contributed by atoms with E-state index in [9.17, 15) is 0 Å². The van der Waals surface area contributed by atoms with E-state index in [0.717, 1.165) is 0 Å². The molecular weight excluding hydrogens is 154 g/mol. The fourth-order valence-corrected chi connectivity index (χ4v) is 2.52. The molecule has 1 nitrogen and oxygen atoms in total. The molecule has 1 N–H and O–H groups in total. The molecular formula is C6H16ClNS. The molecule has 3 heteroatoms. The van der Waals surface area contributed by atoms with Crippen molar-refractivity contribution in [3.05, 3.63) is 0 Å². The molecule has 1 heterocycles. The number of halogens is 1. The highest BCUT2D eigenvalue weighted by Crippen LogP contribution is 2.39. The van der Waals surface area contributed by atoms with E-state index in [-0.39, 0.29) is 22.4 Å². The summed E-state index contributed by atoms with van der Waals surface area (Å²) in [7, 11) is -0.145. The van der Waals surface area contributed by atoms with Gasteiger partial charge in [-0.05, 0) is 24.0 Å². The Morgan fingerprint density at radius 1 is 1.11 bits per heavy atom. The summed E-state index contributed by atoms with van der Waals surface area (Å²) in [4.78, 5) is 0. The zero-order chi connectivity index (χ0) is 6.04. The molecule has 0 aromatic carbocycles. The Labute approximate surface area is 65.3 Å². The Morgan fingerprint density at radius 2 is 1.56 bits per heavy atom. The molecule has 1 saturated heterocycles. The molecule has 0 saturated carbocycles. The van der Waals surface area contributed by atoms with Crippen LogP contribution in [0, 0.1) is 0 Å². The molecule has 0 aliphatic carbocycles. The van der Waals surface area contributed by atoms with Crippen LogP contribution in [0.15, 0.2) is 0 Å². The minimum atomic E-state index is -0.145. The predicted molar refractivity (Wildman–Crippen MR) is 49.3 cm³/mol. The number of hydrogen-bond acceptors (Lipinski definition) is 1. The highest BCUT2D eigenvalue weighted by molar-refractivity contribution is 8.32. The molecule has 0 aromatic rings. The Morgan fingerprint density at radius 3 is 1.78 bits per heavy atom. The molecule has 0 aromatic heterocycles. The largest absolute Gasteiger partial charge is 0.315 e. The van der Waals surface area contributed by atoms with Crippen LogP contribution in [0.3, 0.4) is 0 Å². The zero-order valence-corrected chi connectivity index (χ0v) is 7.78. The summed E-state index contributed by atoms with van der Waals surface area (Å²) in [5.74, 6) is 2.85. The van der Waals surface area contributed by atoms with Gasteiger partial charge in [0.2, 0.25) is 0 Å². The van der Waals surface area contributed by atoms with Crippen LogP contribution in [-0.4, -0.2) is 37.1 Å². The van der Waals surface area contributed by atoms with E-state index in [1.54, 1.807) is 0 Å². The van der Waals surface area contributed by atoms with Gasteiger partial charge < -0.3 is 5.32 Å². The van der Waals surface area contributed by atoms with Crippen molar-refractivity contribution in [1.29, 1.82) is 0 Å². The van der Waals surface area contributed by atoms with Gasteiger partial charge in [-0.3, -0.25) is 0 Å². The van der Waals surface area contributed by atoms with Crippen LogP contribution in [0.4, 0.5) is 0 Å². The second kappa shape index (κ2) is 3.69. The van der Waals surface area contributed by atoms with Crippen LogP contribution < -0.4 is 5.32 Å². The zero-order valence-electron chi connectivity index (χ0n) is 6.14. The molecule has 0 spiro atoms. The monoisotopic (exact) mass is 169 g/mol. The minimum absolute atomic E-state index is 0. The average Bonchev–Trinajstić information content (AvgIpc) is 1.65. The molecule has 58 valence electrons. The molecule has 0 bridgehead atoms. The van der Waals surface area contributed by atoms with Gasteiger partial charge >= 0.3 is 0 Å². The summed E-state index contributed by atoms with van der Waals surface area (Å²) in [6, 6.07) is 0. The second-order valence-corrected chi connectivity index (χ2v) is 7.28. The number of hydrogen-bond donors (Lipinski definition) is 1. The molecule has 0 amide bonds. The lowest BCUT2D eigenvalue weighted by molar-refractivity contribution is 0.749. The Balaban J connectivity index is 0.000000640. The lowest BCUT2D eigenvalue weighted by Gasteiger charge is -2.35. The fourth-order valence-electron chi connectivity index (χ4n) is 0.924. The van der Waals surface area contributed by atoms with Crippen molar-refractivity contribution < 1.29 is 0 Å². The minimum Gasteiger partial charge on any atom is -0.315 e. The first kappa shape index (κ1) is 9.60. The topological polar surface area (TPSA) is 12.0 Å². The summed E-state index contributed by atoms with van der Waals surface area (Å²) in [6.45, 7) is 2.50. The van der Waals surface area contributed by atoms with Crippen LogP contribution in [0.5, 0.6) is 0 Å². The van der Waals surface area contributed by atoms with E-state index in [1.165, 1.54) is 24.6 Å². The predicted octanol–water partition coefficient (Wildman–Crippen LogP) is 1.08. The van der Waals surface area contributed by atoms with E-state index in [4.69, 9.17) is 0 Å². The first-order valence-electron chi connectivity index (χ1n) is 3.10. The van der Waals surface area contributed by atoms with Gasteiger partial charge in [-0.1, -0.05) is 0 Å². The lowest BCUT2D eigenvalue weighted by atomic mass is 10.6. The van der Waals surface area contributed by atoms with Crippen molar-refractivity contribution in [3.8, 4) is 0 Å². The maximum atomic E-state index is 3.36. The molecule has 0 radical (unpaired) electrons. The Kier molecular flexibility index (Phi) is 3.94. The molecule has 1 aliphatic rings. The van der Waals surface area contributed by atoms with Gasteiger partial charge in [-0.25, -0.2) is 10.0 Å². The van der Waals surface area contributed by atoms with Gasteiger partial charge in [-0.2, -0.15) is 0 Å². The van der Waals surface area contributed by atoms with Gasteiger partial charge in [-0.15, -0.1) is 12.4 Å². The van der Waals surface area contributed by atoms with E-state index in [0.29, 0.717) is 0 Å². The van der Waals surface area contributed by atoms with E-state index in [1.807, 2.05) is 0 Å². The summed E-state index contributed by atoms with van der Waals surface area (Å²) < 4.78 is 0. The molecule has 9 heavy (non-hydrogen) atoms. The Hall–Kier alpha value is 0.600. The van der Waals surface area contributed by atoms with Crippen molar-refractivity contribution in [2.24, 2.45) is 0 Å². The van der Waals surface area contributed by atoms with Crippen LogP contribution >= 0.6 is 22.4 Å². The SMILES string of the molecule is CS1(C)CCNCC1.Cl. The van der Waals surface area contributed by atoms with E-state index < -0.39 is 0 Å². The second-order valence-electron chi connectivity index (χ2n) is 2.93. The lowest BCUT2D eigenvalue weighted by Crippen LogP contribution is -2.32. The normalized spacial score (nSPS) is 28.2. The molecule has 1 aliphatic heterocycles. The van der Waals surface area contributed by atoms with Crippen LogP contribution in [0.1, 0.15) is 0 Å². The van der Waals surface area contributed by atoms with Gasteiger partial charge in [0.15, 0.2) is 0 Å². The smallest absolute Gasteiger partial charge is 0.00277 e. The first-order valence-corrected chi connectivity index (χ1v) is 5.89. The standard InChI is InChI=1S/C6H15NS.ClH/c1-8(2)5-3-7-4-6-8;/h7H,3-6H2,1-2H3;1H. The van der Waals surface area contributed by atoms with Gasteiger partial charge in [0.05, 0.1) is 0 Å². The quantitative estimate of drug-likeness (QED) is 0.573.